The molecule has 3 aromatic rings. The Bertz CT molecular complexity index is 993. The van der Waals surface area contributed by atoms with Crippen molar-refractivity contribution in [3.8, 4) is 5.69 Å². The van der Waals surface area contributed by atoms with E-state index in [-0.39, 0.29) is 15.6 Å². The number of rotatable bonds is 5. The van der Waals surface area contributed by atoms with E-state index in [2.05, 4.69) is 14.8 Å². The first-order valence-electron chi connectivity index (χ1n) is 6.70. The van der Waals surface area contributed by atoms with E-state index in [1.807, 2.05) is 18.2 Å². The lowest BCUT2D eigenvalue weighted by Crippen LogP contribution is -2.15. The summed E-state index contributed by atoms with van der Waals surface area (Å²) in [5.41, 5.74) is 2.06. The first-order chi connectivity index (χ1) is 11.4. The molecule has 2 aromatic heterocycles. The Morgan fingerprint density at radius 1 is 1.29 bits per heavy atom. The van der Waals surface area contributed by atoms with Crippen molar-refractivity contribution in [2.75, 3.05) is 4.72 Å². The monoisotopic (exact) mass is 364 g/mol. The number of sulfonamides is 1. The summed E-state index contributed by atoms with van der Waals surface area (Å²) in [6, 6.07) is 9.09. The third-order valence-corrected chi connectivity index (χ3v) is 5.58. The molecule has 0 saturated heterocycles. The molecule has 0 atom stereocenters. The van der Waals surface area contributed by atoms with Crippen LogP contribution in [-0.2, 0) is 10.0 Å². The van der Waals surface area contributed by atoms with Crippen LogP contribution in [0.1, 0.15) is 16.2 Å². The van der Waals surface area contributed by atoms with Gasteiger partial charge in [-0.15, -0.1) is 11.3 Å². The molecular formula is C14H12N4O4S2. The van der Waals surface area contributed by atoms with Gasteiger partial charge in [0.25, 0.3) is 10.0 Å². The second-order valence-corrected chi connectivity index (χ2v) is 7.29. The molecule has 0 radical (unpaired) electrons. The van der Waals surface area contributed by atoms with E-state index >= 15 is 0 Å². The zero-order valence-corrected chi connectivity index (χ0v) is 14.0. The van der Waals surface area contributed by atoms with E-state index in [4.69, 9.17) is 5.11 Å². The van der Waals surface area contributed by atoms with Gasteiger partial charge in [0.2, 0.25) is 0 Å². The van der Waals surface area contributed by atoms with Crippen LogP contribution in [0.15, 0.2) is 46.9 Å². The molecule has 8 nitrogen and oxygen atoms in total. The Kier molecular flexibility index (Phi) is 4.08. The smallest absolute Gasteiger partial charge is 0.357 e. The fraction of sp³-hybridized carbons (Fsp3) is 0.0714. The number of hydrogen-bond donors (Lipinski definition) is 2. The molecule has 0 bridgehead atoms. The molecule has 10 heteroatoms. The molecule has 2 heterocycles. The molecule has 3 rings (SSSR count). The van der Waals surface area contributed by atoms with Crippen molar-refractivity contribution in [1.82, 2.24) is 14.8 Å². The van der Waals surface area contributed by atoms with Gasteiger partial charge in [0.1, 0.15) is 9.90 Å². The topological polar surface area (TPSA) is 114 Å². The number of carboxylic acids is 1. The summed E-state index contributed by atoms with van der Waals surface area (Å²) in [7, 11) is -3.98. The van der Waals surface area contributed by atoms with Crippen molar-refractivity contribution in [2.24, 2.45) is 0 Å². The summed E-state index contributed by atoms with van der Waals surface area (Å²) >= 11 is 0.899. The van der Waals surface area contributed by atoms with Gasteiger partial charge in [-0.2, -0.15) is 5.10 Å². The Morgan fingerprint density at radius 3 is 2.67 bits per heavy atom. The zero-order chi connectivity index (χ0) is 17.3. The van der Waals surface area contributed by atoms with Crippen LogP contribution in [-0.4, -0.2) is 34.3 Å². The van der Waals surface area contributed by atoms with Gasteiger partial charge in [-0.3, -0.25) is 4.72 Å². The lowest BCUT2D eigenvalue weighted by molar-refractivity contribution is 0.0692. The van der Waals surface area contributed by atoms with Gasteiger partial charge in [-0.05, 0) is 19.1 Å². The number of aromatic carboxylic acids is 1. The van der Waals surface area contributed by atoms with Crippen LogP contribution < -0.4 is 4.72 Å². The number of para-hydroxylation sites is 1. The van der Waals surface area contributed by atoms with E-state index in [9.17, 15) is 13.2 Å². The van der Waals surface area contributed by atoms with Gasteiger partial charge in [0.05, 0.1) is 23.1 Å². The van der Waals surface area contributed by atoms with Crippen LogP contribution in [0.4, 0.5) is 5.00 Å². The summed E-state index contributed by atoms with van der Waals surface area (Å²) in [5.74, 6) is -1.30. The minimum atomic E-state index is -3.98. The Labute approximate surface area is 141 Å². The van der Waals surface area contributed by atoms with Gasteiger partial charge in [-0.25, -0.2) is 22.9 Å². The fourth-order valence-corrected chi connectivity index (χ4v) is 4.28. The predicted molar refractivity (Wildman–Crippen MR) is 88.2 cm³/mol. The molecule has 0 aliphatic carbocycles. The maximum atomic E-state index is 12.6. The summed E-state index contributed by atoms with van der Waals surface area (Å²) in [6.45, 7) is 1.62. The number of thiazole rings is 1. The molecule has 0 amide bonds. The van der Waals surface area contributed by atoms with Crippen LogP contribution in [0.2, 0.25) is 0 Å². The number of nitrogens with one attached hydrogen (secondary N) is 1. The third kappa shape index (κ3) is 2.88. The quantitative estimate of drug-likeness (QED) is 0.717. The largest absolute Gasteiger partial charge is 0.476 e. The maximum absolute atomic E-state index is 12.6. The van der Waals surface area contributed by atoms with E-state index in [1.165, 1.54) is 16.4 Å². The minimum absolute atomic E-state index is 0.0314. The van der Waals surface area contributed by atoms with Crippen molar-refractivity contribution >= 4 is 32.3 Å². The molecule has 24 heavy (non-hydrogen) atoms. The average molecular weight is 364 g/mol. The van der Waals surface area contributed by atoms with E-state index in [1.54, 1.807) is 19.1 Å². The van der Waals surface area contributed by atoms with Gasteiger partial charge in [0, 0.05) is 0 Å². The minimum Gasteiger partial charge on any atom is -0.476 e. The summed E-state index contributed by atoms with van der Waals surface area (Å²) in [6.07, 6.45) is 1.23. The van der Waals surface area contributed by atoms with Crippen LogP contribution in [0.5, 0.6) is 0 Å². The maximum Gasteiger partial charge on any atom is 0.357 e. The highest BCUT2D eigenvalue weighted by molar-refractivity contribution is 7.93. The Balaban J connectivity index is 1.98. The van der Waals surface area contributed by atoms with Crippen molar-refractivity contribution in [2.45, 2.75) is 11.8 Å². The summed E-state index contributed by atoms with van der Waals surface area (Å²) < 4.78 is 28.9. The van der Waals surface area contributed by atoms with E-state index in [0.717, 1.165) is 17.0 Å². The lowest BCUT2D eigenvalue weighted by atomic mass is 10.3. The number of nitrogens with zero attached hydrogens (tertiary/aromatic N) is 3. The molecule has 0 spiro atoms. The normalized spacial score (nSPS) is 11.4. The first-order valence-corrected chi connectivity index (χ1v) is 9.06. The molecule has 0 aliphatic rings. The van der Waals surface area contributed by atoms with E-state index in [0.29, 0.717) is 5.69 Å². The SMILES string of the molecule is Cc1c(S(=O)(=O)Nc2scnc2C(=O)O)cnn1-c1ccccc1. The average Bonchev–Trinajstić information content (AvgIpc) is 3.14. The zero-order valence-electron chi connectivity index (χ0n) is 12.4. The lowest BCUT2D eigenvalue weighted by Gasteiger charge is -2.07. The molecule has 0 saturated carbocycles. The highest BCUT2D eigenvalue weighted by Gasteiger charge is 2.25. The van der Waals surface area contributed by atoms with Gasteiger partial charge in [-0.1, -0.05) is 18.2 Å². The van der Waals surface area contributed by atoms with Crippen molar-refractivity contribution in [1.29, 1.82) is 0 Å². The molecule has 1 aromatic carbocycles. The standard InChI is InChI=1S/C14H12N4O4S2/c1-9-11(7-16-18(9)10-5-3-2-4-6-10)24(21,22)17-13-12(14(19)20)15-8-23-13/h2-8,17H,1H3,(H,19,20). The van der Waals surface area contributed by atoms with Crippen LogP contribution in [0.25, 0.3) is 5.69 Å². The van der Waals surface area contributed by atoms with Gasteiger partial charge in [0.15, 0.2) is 5.69 Å². The molecule has 0 aliphatic heterocycles. The second-order valence-electron chi connectivity index (χ2n) is 4.78. The number of carbonyl (C=O) groups is 1. The van der Waals surface area contributed by atoms with E-state index < -0.39 is 16.0 Å². The molecule has 0 unspecified atom stereocenters. The van der Waals surface area contributed by atoms with Gasteiger partial charge < -0.3 is 5.11 Å². The molecule has 2 N–H and O–H groups in total. The van der Waals surface area contributed by atoms with Crippen molar-refractivity contribution < 1.29 is 18.3 Å². The Hall–Kier alpha value is -2.72. The fourth-order valence-electron chi connectivity index (χ4n) is 2.14. The second kappa shape index (κ2) is 6.06. The highest BCUT2D eigenvalue weighted by atomic mass is 32.2. The number of benzene rings is 1. The van der Waals surface area contributed by atoms with Crippen LogP contribution >= 0.6 is 11.3 Å². The Morgan fingerprint density at radius 2 is 2.00 bits per heavy atom. The predicted octanol–water partition coefficient (Wildman–Crippen LogP) is 2.14. The first kappa shape index (κ1) is 16.1. The third-order valence-electron chi connectivity index (χ3n) is 3.25. The molecular weight excluding hydrogens is 352 g/mol. The molecule has 124 valence electrons. The van der Waals surface area contributed by atoms with Crippen molar-refractivity contribution in [3.05, 3.63) is 53.4 Å². The van der Waals surface area contributed by atoms with Crippen LogP contribution in [0, 0.1) is 6.92 Å². The summed E-state index contributed by atoms with van der Waals surface area (Å²) in [4.78, 5) is 14.7. The number of anilines is 1. The van der Waals surface area contributed by atoms with Crippen molar-refractivity contribution in [3.63, 3.8) is 0 Å². The number of hydrogen-bond acceptors (Lipinski definition) is 6. The number of carboxylic acid groups (broad SMARTS) is 1. The van der Waals surface area contributed by atoms with Gasteiger partial charge >= 0.3 is 5.97 Å². The summed E-state index contributed by atoms with van der Waals surface area (Å²) in [5, 5.41) is 13.1. The highest BCUT2D eigenvalue weighted by Crippen LogP contribution is 2.26. The number of aromatic nitrogens is 3. The van der Waals surface area contributed by atoms with Crippen LogP contribution in [0.3, 0.4) is 0 Å². The molecule has 0 fully saturated rings.